The number of nitroso groups, excluding NO2 is 1. The maximum Gasteiger partial charge on any atom is 0.237 e. The average Bonchev–Trinajstić information content (AvgIpc) is 3.12. The maximum atomic E-state index is 12.0. The number of likely N-dealkylation sites (tertiary alicyclic amines) is 1. The van der Waals surface area contributed by atoms with Gasteiger partial charge in [-0.1, -0.05) is 12.1 Å². The summed E-state index contributed by atoms with van der Waals surface area (Å²) in [5.41, 5.74) is 1.22. The number of nitriles is 1. The highest BCUT2D eigenvalue weighted by Gasteiger charge is 2.27. The lowest BCUT2D eigenvalue weighted by Crippen LogP contribution is -2.41. The van der Waals surface area contributed by atoms with Crippen LogP contribution in [0.4, 0.5) is 5.69 Å². The van der Waals surface area contributed by atoms with Crippen LogP contribution in [-0.2, 0) is 16.1 Å². The Labute approximate surface area is 146 Å². The molecule has 1 atom stereocenters. The second kappa shape index (κ2) is 9.49. The van der Waals surface area contributed by atoms with E-state index in [4.69, 9.17) is 5.26 Å². The van der Waals surface area contributed by atoms with E-state index in [1.807, 2.05) is 0 Å². The molecule has 1 aromatic rings. The molecule has 132 valence electrons. The molecule has 1 aromatic carbocycles. The lowest BCUT2D eigenvalue weighted by Gasteiger charge is -2.19. The van der Waals surface area contributed by atoms with Gasteiger partial charge in [0.05, 0.1) is 12.6 Å². The first-order valence-electron chi connectivity index (χ1n) is 8.23. The number of hydrogen-bond donors (Lipinski definition) is 2. The fourth-order valence-corrected chi connectivity index (χ4v) is 2.66. The second-order valence-corrected chi connectivity index (χ2v) is 5.84. The van der Waals surface area contributed by atoms with Crippen LogP contribution in [-0.4, -0.2) is 42.4 Å². The van der Waals surface area contributed by atoms with E-state index in [1.165, 1.54) is 0 Å². The molecule has 2 rings (SSSR count). The molecule has 2 amide bonds. The third-order valence-electron chi connectivity index (χ3n) is 4.06. The van der Waals surface area contributed by atoms with E-state index in [2.05, 4.69) is 21.9 Å². The topological polar surface area (TPSA) is 115 Å². The average molecular weight is 343 g/mol. The van der Waals surface area contributed by atoms with Gasteiger partial charge in [0, 0.05) is 26.1 Å². The van der Waals surface area contributed by atoms with Crippen molar-refractivity contribution >= 4 is 17.5 Å². The Morgan fingerprint density at radius 3 is 2.76 bits per heavy atom. The molecular weight excluding hydrogens is 322 g/mol. The third kappa shape index (κ3) is 5.65. The van der Waals surface area contributed by atoms with Crippen molar-refractivity contribution in [3.63, 3.8) is 0 Å². The largest absolute Gasteiger partial charge is 0.352 e. The molecule has 1 heterocycles. The molecule has 1 saturated heterocycles. The predicted molar refractivity (Wildman–Crippen MR) is 91.6 cm³/mol. The van der Waals surface area contributed by atoms with Gasteiger partial charge < -0.3 is 15.5 Å². The first-order chi connectivity index (χ1) is 12.1. The Morgan fingerprint density at radius 2 is 2.08 bits per heavy atom. The Bertz CT molecular complexity index is 653. The third-order valence-corrected chi connectivity index (χ3v) is 4.06. The summed E-state index contributed by atoms with van der Waals surface area (Å²) in [6.07, 6.45) is 1.84. The lowest BCUT2D eigenvalue weighted by atomic mass is 10.2. The normalized spacial score (nSPS) is 16.3. The number of carbonyl (C=O) groups excluding carboxylic acids is 2. The minimum atomic E-state index is -0.321. The molecule has 0 aliphatic carbocycles. The van der Waals surface area contributed by atoms with Gasteiger partial charge in [-0.25, -0.2) is 0 Å². The molecule has 0 saturated carbocycles. The van der Waals surface area contributed by atoms with Crippen LogP contribution < -0.4 is 10.6 Å². The molecule has 1 aliphatic rings. The molecule has 0 aromatic heterocycles. The number of hydrogen-bond acceptors (Lipinski definition) is 6. The fraction of sp³-hybridized carbons (Fsp3) is 0.471. The summed E-state index contributed by atoms with van der Waals surface area (Å²) in [6.45, 7) is 1.51. The van der Waals surface area contributed by atoms with Crippen molar-refractivity contribution in [3.05, 3.63) is 34.7 Å². The quantitative estimate of drug-likeness (QED) is 0.543. The first kappa shape index (κ1) is 18.5. The molecule has 0 spiro atoms. The van der Waals surface area contributed by atoms with Gasteiger partial charge in [-0.3, -0.25) is 9.59 Å². The smallest absolute Gasteiger partial charge is 0.237 e. The van der Waals surface area contributed by atoms with Gasteiger partial charge in [0.25, 0.3) is 0 Å². The highest BCUT2D eigenvalue weighted by atomic mass is 16.3. The first-order valence-corrected chi connectivity index (χ1v) is 8.23. The number of carbonyl (C=O) groups is 2. The predicted octanol–water partition coefficient (Wildman–Crippen LogP) is 1.19. The molecule has 8 nitrogen and oxygen atoms in total. The second-order valence-electron chi connectivity index (χ2n) is 5.84. The standard InChI is InChI=1S/C17H21N5O3/c18-10-15-2-1-9-22(15)17(24)12-19-8-7-16(23)20-11-13-3-5-14(21-25)6-4-13/h3-6,15,19H,1-2,7-9,11-12H2,(H,20,23). The Hall–Kier alpha value is -2.79. The monoisotopic (exact) mass is 343 g/mol. The van der Waals surface area contributed by atoms with Gasteiger partial charge in [-0.15, -0.1) is 4.91 Å². The molecule has 1 unspecified atom stereocenters. The van der Waals surface area contributed by atoms with E-state index in [0.29, 0.717) is 25.3 Å². The molecule has 8 heteroatoms. The summed E-state index contributed by atoms with van der Waals surface area (Å²) in [4.78, 5) is 35.7. The van der Waals surface area contributed by atoms with Crippen molar-refractivity contribution in [1.82, 2.24) is 15.5 Å². The minimum absolute atomic E-state index is 0.103. The molecule has 0 bridgehead atoms. The van der Waals surface area contributed by atoms with Crippen LogP contribution in [0.15, 0.2) is 29.4 Å². The van der Waals surface area contributed by atoms with Gasteiger partial charge >= 0.3 is 0 Å². The molecule has 25 heavy (non-hydrogen) atoms. The van der Waals surface area contributed by atoms with Gasteiger partial charge in [0.2, 0.25) is 11.8 Å². The Morgan fingerprint density at radius 1 is 1.32 bits per heavy atom. The SMILES string of the molecule is N#CC1CCCN1C(=O)CNCCC(=O)NCc1ccc(N=O)cc1. The number of rotatable bonds is 8. The van der Waals surface area contributed by atoms with Crippen LogP contribution in [0.25, 0.3) is 0 Å². The van der Waals surface area contributed by atoms with Gasteiger partial charge in [-0.2, -0.15) is 5.26 Å². The summed E-state index contributed by atoms with van der Waals surface area (Å²) in [6, 6.07) is 8.46. The highest BCUT2D eigenvalue weighted by Crippen LogP contribution is 2.16. The number of amides is 2. The van der Waals surface area contributed by atoms with Crippen LogP contribution in [0.2, 0.25) is 0 Å². The van der Waals surface area contributed by atoms with Crippen LogP contribution in [0, 0.1) is 16.2 Å². The Balaban J connectivity index is 1.61. The van der Waals surface area contributed by atoms with Crippen molar-refractivity contribution in [2.24, 2.45) is 5.18 Å². The van der Waals surface area contributed by atoms with E-state index < -0.39 is 0 Å². The summed E-state index contributed by atoms with van der Waals surface area (Å²) < 4.78 is 0. The van der Waals surface area contributed by atoms with Gasteiger partial charge in [0.1, 0.15) is 11.7 Å². The number of nitrogens with zero attached hydrogens (tertiary/aromatic N) is 3. The summed E-state index contributed by atoms with van der Waals surface area (Å²) in [5, 5.41) is 17.5. The van der Waals surface area contributed by atoms with E-state index in [9.17, 15) is 14.5 Å². The highest BCUT2D eigenvalue weighted by molar-refractivity contribution is 5.79. The van der Waals surface area contributed by atoms with Crippen molar-refractivity contribution in [2.45, 2.75) is 31.8 Å². The van der Waals surface area contributed by atoms with Gasteiger partial charge in [-0.05, 0) is 35.7 Å². The van der Waals surface area contributed by atoms with E-state index in [-0.39, 0.29) is 30.8 Å². The molecule has 0 radical (unpaired) electrons. The van der Waals surface area contributed by atoms with Crippen LogP contribution in [0.3, 0.4) is 0 Å². The lowest BCUT2D eigenvalue weighted by molar-refractivity contribution is -0.130. The van der Waals surface area contributed by atoms with Crippen LogP contribution >= 0.6 is 0 Å². The number of benzene rings is 1. The van der Waals surface area contributed by atoms with Gasteiger partial charge in [0.15, 0.2) is 0 Å². The molecule has 1 aliphatic heterocycles. The summed E-state index contributed by atoms with van der Waals surface area (Å²) in [5.74, 6) is -0.234. The van der Waals surface area contributed by atoms with Crippen LogP contribution in [0.1, 0.15) is 24.8 Å². The zero-order chi connectivity index (χ0) is 18.1. The summed E-state index contributed by atoms with van der Waals surface area (Å²) >= 11 is 0. The number of nitrogens with one attached hydrogen (secondary N) is 2. The zero-order valence-corrected chi connectivity index (χ0v) is 13.9. The molecular formula is C17H21N5O3. The maximum absolute atomic E-state index is 12.0. The molecule has 2 N–H and O–H groups in total. The van der Waals surface area contributed by atoms with Crippen molar-refractivity contribution < 1.29 is 9.59 Å². The van der Waals surface area contributed by atoms with E-state index in [0.717, 1.165) is 18.4 Å². The van der Waals surface area contributed by atoms with E-state index >= 15 is 0 Å². The van der Waals surface area contributed by atoms with Crippen molar-refractivity contribution in [3.8, 4) is 6.07 Å². The Kier molecular flexibility index (Phi) is 7.04. The van der Waals surface area contributed by atoms with Crippen LogP contribution in [0.5, 0.6) is 0 Å². The van der Waals surface area contributed by atoms with Crippen molar-refractivity contribution in [2.75, 3.05) is 19.6 Å². The molecule has 1 fully saturated rings. The van der Waals surface area contributed by atoms with Crippen molar-refractivity contribution in [1.29, 1.82) is 5.26 Å². The fourth-order valence-electron chi connectivity index (χ4n) is 2.66. The van der Waals surface area contributed by atoms with E-state index in [1.54, 1.807) is 29.2 Å². The zero-order valence-electron chi connectivity index (χ0n) is 13.9. The minimum Gasteiger partial charge on any atom is -0.352 e. The summed E-state index contributed by atoms with van der Waals surface area (Å²) in [7, 11) is 0.